The van der Waals surface area contributed by atoms with Crippen molar-refractivity contribution in [3.05, 3.63) is 38.9 Å². The van der Waals surface area contributed by atoms with E-state index in [-0.39, 0.29) is 34.6 Å². The zero-order valence-electron chi connectivity index (χ0n) is 19.0. The first kappa shape index (κ1) is 26.9. The molecular formula is C22H30ClN3O6S. The highest BCUT2D eigenvalue weighted by Crippen LogP contribution is 2.29. The second-order valence-electron chi connectivity index (χ2n) is 8.28. The van der Waals surface area contributed by atoms with Crippen molar-refractivity contribution in [2.45, 2.75) is 51.6 Å². The van der Waals surface area contributed by atoms with Crippen molar-refractivity contribution in [3.63, 3.8) is 0 Å². The molecule has 4 atom stereocenters. The number of nitro benzene ring substituents is 1. The molecule has 2 amide bonds. The van der Waals surface area contributed by atoms with E-state index in [1.165, 1.54) is 17.8 Å². The van der Waals surface area contributed by atoms with Crippen LogP contribution in [0.4, 0.5) is 5.69 Å². The fraction of sp³-hybridized carbons (Fsp3) is 0.591. The first-order chi connectivity index (χ1) is 15.6. The van der Waals surface area contributed by atoms with Crippen molar-refractivity contribution < 1.29 is 24.0 Å². The predicted molar refractivity (Wildman–Crippen MR) is 127 cm³/mol. The van der Waals surface area contributed by atoms with E-state index in [1.54, 1.807) is 0 Å². The average molecular weight is 500 g/mol. The molecule has 0 unspecified atom stereocenters. The van der Waals surface area contributed by atoms with E-state index in [2.05, 4.69) is 24.5 Å². The summed E-state index contributed by atoms with van der Waals surface area (Å²) < 4.78 is 5.19. The van der Waals surface area contributed by atoms with Gasteiger partial charge in [-0.1, -0.05) is 38.3 Å². The SMILES string of the molecule is CSCC[C@H](NC(=O)c1ccc([N+](=O)[O-])cc1Cl)C(=O)OCC(=O)N[C@H]1CCC[C@@H](C)[C@@H]1C. The van der Waals surface area contributed by atoms with Gasteiger partial charge in [0, 0.05) is 18.2 Å². The first-order valence-corrected chi connectivity index (χ1v) is 12.6. The van der Waals surface area contributed by atoms with E-state index in [0.29, 0.717) is 17.6 Å². The van der Waals surface area contributed by atoms with Crippen LogP contribution < -0.4 is 10.6 Å². The number of rotatable bonds is 10. The van der Waals surface area contributed by atoms with Gasteiger partial charge >= 0.3 is 5.97 Å². The van der Waals surface area contributed by atoms with E-state index in [0.717, 1.165) is 31.4 Å². The van der Waals surface area contributed by atoms with Gasteiger partial charge in [0.05, 0.1) is 15.5 Å². The Labute approximate surface area is 202 Å². The van der Waals surface area contributed by atoms with Gasteiger partial charge in [-0.05, 0) is 42.8 Å². The van der Waals surface area contributed by atoms with Crippen molar-refractivity contribution in [2.24, 2.45) is 11.8 Å². The molecule has 0 aromatic heterocycles. The molecule has 1 aromatic carbocycles. The van der Waals surface area contributed by atoms with Gasteiger partial charge in [-0.25, -0.2) is 4.79 Å². The van der Waals surface area contributed by atoms with Crippen LogP contribution in [-0.4, -0.2) is 53.4 Å². The van der Waals surface area contributed by atoms with Crippen LogP contribution in [0.3, 0.4) is 0 Å². The van der Waals surface area contributed by atoms with Gasteiger partial charge in [0.2, 0.25) is 0 Å². The lowest BCUT2D eigenvalue weighted by Crippen LogP contribution is -2.46. The minimum absolute atomic E-state index is 0.00219. The van der Waals surface area contributed by atoms with Crippen LogP contribution in [0.15, 0.2) is 18.2 Å². The molecule has 2 rings (SSSR count). The minimum Gasteiger partial charge on any atom is -0.454 e. The van der Waals surface area contributed by atoms with E-state index in [1.807, 2.05) is 6.26 Å². The lowest BCUT2D eigenvalue weighted by Gasteiger charge is -2.34. The Morgan fingerprint density at radius 3 is 2.67 bits per heavy atom. The maximum absolute atomic E-state index is 12.6. The number of amides is 2. The van der Waals surface area contributed by atoms with Crippen LogP contribution in [0.25, 0.3) is 0 Å². The van der Waals surface area contributed by atoms with E-state index < -0.39 is 29.4 Å². The Kier molecular flexibility index (Phi) is 10.4. The topological polar surface area (TPSA) is 128 Å². The van der Waals surface area contributed by atoms with Crippen molar-refractivity contribution in [1.29, 1.82) is 0 Å². The van der Waals surface area contributed by atoms with E-state index in [9.17, 15) is 24.5 Å². The molecule has 1 aromatic rings. The van der Waals surface area contributed by atoms with Crippen LogP contribution in [-0.2, 0) is 14.3 Å². The molecule has 1 aliphatic rings. The number of non-ortho nitro benzene ring substituents is 1. The standard InChI is InChI=1S/C22H30ClN3O6S/c1-13-5-4-6-18(14(13)2)24-20(27)12-32-22(29)19(9-10-33-3)25-21(28)16-8-7-15(26(30)31)11-17(16)23/h7-8,11,13-14,18-19H,4-6,9-10,12H2,1-3H3,(H,24,27)(H,25,28)/t13-,14+,18+,19+/m1/s1. The van der Waals surface area contributed by atoms with E-state index in [4.69, 9.17) is 16.3 Å². The maximum Gasteiger partial charge on any atom is 0.329 e. The Morgan fingerprint density at radius 2 is 2.03 bits per heavy atom. The molecule has 0 heterocycles. The zero-order valence-corrected chi connectivity index (χ0v) is 20.5. The summed E-state index contributed by atoms with van der Waals surface area (Å²) in [6, 6.07) is 2.53. The fourth-order valence-electron chi connectivity index (χ4n) is 3.79. The Bertz CT molecular complexity index is 884. The second kappa shape index (κ2) is 12.8. The normalized spacial score (nSPS) is 21.0. The molecule has 33 heavy (non-hydrogen) atoms. The van der Waals surface area contributed by atoms with Crippen molar-refractivity contribution in [1.82, 2.24) is 10.6 Å². The zero-order chi connectivity index (χ0) is 24.5. The van der Waals surface area contributed by atoms with Gasteiger partial charge in [-0.2, -0.15) is 11.8 Å². The number of benzene rings is 1. The number of ether oxygens (including phenoxy) is 1. The molecule has 0 radical (unpaired) electrons. The summed E-state index contributed by atoms with van der Waals surface area (Å²) in [7, 11) is 0. The molecule has 1 saturated carbocycles. The quantitative estimate of drug-likeness (QED) is 0.286. The second-order valence-corrected chi connectivity index (χ2v) is 9.67. The Balaban J connectivity index is 1.96. The summed E-state index contributed by atoms with van der Waals surface area (Å²) in [6.45, 7) is 3.84. The number of nitrogens with one attached hydrogen (secondary N) is 2. The fourth-order valence-corrected chi connectivity index (χ4v) is 4.53. The summed E-state index contributed by atoms with van der Waals surface area (Å²) in [5.41, 5.74) is -0.245. The van der Waals surface area contributed by atoms with Gasteiger partial charge in [-0.3, -0.25) is 19.7 Å². The number of thioether (sulfide) groups is 1. The molecule has 182 valence electrons. The molecule has 1 fully saturated rings. The molecule has 11 heteroatoms. The maximum atomic E-state index is 12.6. The number of carbonyl (C=O) groups is 3. The highest BCUT2D eigenvalue weighted by atomic mass is 35.5. The molecule has 9 nitrogen and oxygen atoms in total. The number of halogens is 1. The van der Waals surface area contributed by atoms with Crippen LogP contribution in [0.1, 0.15) is 49.9 Å². The third-order valence-electron chi connectivity index (χ3n) is 6.01. The Morgan fingerprint density at radius 1 is 1.30 bits per heavy atom. The molecule has 0 spiro atoms. The number of nitro groups is 1. The Hall–Kier alpha value is -2.33. The van der Waals surface area contributed by atoms with Crippen molar-refractivity contribution in [3.8, 4) is 0 Å². The van der Waals surface area contributed by atoms with Crippen LogP contribution in [0, 0.1) is 22.0 Å². The molecule has 1 aliphatic carbocycles. The number of nitrogens with zero attached hydrogens (tertiary/aromatic N) is 1. The highest BCUT2D eigenvalue weighted by Gasteiger charge is 2.29. The molecule has 0 aliphatic heterocycles. The molecular weight excluding hydrogens is 470 g/mol. The van der Waals surface area contributed by atoms with Crippen LogP contribution in [0.2, 0.25) is 5.02 Å². The predicted octanol–water partition coefficient (Wildman–Crippen LogP) is 3.58. The van der Waals surface area contributed by atoms with Gasteiger partial charge in [-0.15, -0.1) is 0 Å². The summed E-state index contributed by atoms with van der Waals surface area (Å²) >= 11 is 7.50. The molecule has 2 N–H and O–H groups in total. The number of hydrogen-bond acceptors (Lipinski definition) is 7. The lowest BCUT2D eigenvalue weighted by molar-refractivity contribution is -0.384. The number of esters is 1. The summed E-state index contributed by atoms with van der Waals surface area (Å²) in [5, 5.41) is 16.3. The monoisotopic (exact) mass is 499 g/mol. The third-order valence-corrected chi connectivity index (χ3v) is 6.96. The van der Waals surface area contributed by atoms with Crippen LogP contribution >= 0.6 is 23.4 Å². The van der Waals surface area contributed by atoms with Gasteiger partial charge < -0.3 is 15.4 Å². The number of hydrogen-bond donors (Lipinski definition) is 2. The number of carbonyl (C=O) groups excluding carboxylic acids is 3. The van der Waals surface area contributed by atoms with Gasteiger partial charge in [0.15, 0.2) is 6.61 Å². The van der Waals surface area contributed by atoms with Crippen LogP contribution in [0.5, 0.6) is 0 Å². The molecule has 0 saturated heterocycles. The highest BCUT2D eigenvalue weighted by molar-refractivity contribution is 7.98. The summed E-state index contributed by atoms with van der Waals surface area (Å²) in [4.78, 5) is 47.8. The molecule has 0 bridgehead atoms. The summed E-state index contributed by atoms with van der Waals surface area (Å²) in [6.07, 6.45) is 5.22. The third kappa shape index (κ3) is 7.89. The van der Waals surface area contributed by atoms with Crippen molar-refractivity contribution >= 4 is 46.8 Å². The largest absolute Gasteiger partial charge is 0.454 e. The van der Waals surface area contributed by atoms with E-state index >= 15 is 0 Å². The van der Waals surface area contributed by atoms with Crippen molar-refractivity contribution in [2.75, 3.05) is 18.6 Å². The van der Waals surface area contributed by atoms with Gasteiger partial charge in [0.25, 0.3) is 17.5 Å². The average Bonchev–Trinajstić information content (AvgIpc) is 2.77. The summed E-state index contributed by atoms with van der Waals surface area (Å²) in [5.74, 6) is -0.328. The minimum atomic E-state index is -0.988. The lowest BCUT2D eigenvalue weighted by atomic mass is 9.78. The van der Waals surface area contributed by atoms with Gasteiger partial charge in [0.1, 0.15) is 6.04 Å². The smallest absolute Gasteiger partial charge is 0.329 e. The first-order valence-electron chi connectivity index (χ1n) is 10.8.